The topological polar surface area (TPSA) is 67.0 Å². The molecule has 0 saturated carbocycles. The van der Waals surface area contributed by atoms with E-state index < -0.39 is 11.4 Å². The highest BCUT2D eigenvalue weighted by atomic mass is 19.1. The van der Waals surface area contributed by atoms with Crippen molar-refractivity contribution in [3.8, 4) is 5.75 Å². The zero-order chi connectivity index (χ0) is 14.8. The lowest BCUT2D eigenvalue weighted by atomic mass is 9.99. The Morgan fingerprint density at radius 3 is 2.90 bits per heavy atom. The lowest BCUT2D eigenvalue weighted by molar-refractivity contribution is 0.215. The number of hydrogen-bond acceptors (Lipinski definition) is 4. The highest BCUT2D eigenvalue weighted by Crippen LogP contribution is 2.22. The Kier molecular flexibility index (Phi) is 3.88. The first kappa shape index (κ1) is 14.0. The van der Waals surface area contributed by atoms with Gasteiger partial charge in [-0.15, -0.1) is 0 Å². The van der Waals surface area contributed by atoms with Gasteiger partial charge in [0.15, 0.2) is 0 Å². The van der Waals surface area contributed by atoms with Gasteiger partial charge in [0, 0.05) is 12.1 Å². The van der Waals surface area contributed by atoms with Gasteiger partial charge in [-0.2, -0.15) is 0 Å². The van der Waals surface area contributed by atoms with Crippen molar-refractivity contribution in [2.75, 3.05) is 19.7 Å². The van der Waals surface area contributed by atoms with Gasteiger partial charge in [0.1, 0.15) is 22.8 Å². The van der Waals surface area contributed by atoms with Crippen LogP contribution in [0.2, 0.25) is 0 Å². The van der Waals surface area contributed by atoms with Gasteiger partial charge >= 0.3 is 0 Å². The molecule has 0 amide bonds. The minimum Gasteiger partial charge on any atom is -0.493 e. The molecule has 2 aromatic rings. The summed E-state index contributed by atoms with van der Waals surface area (Å²) in [5, 5.41) is 3.28. The van der Waals surface area contributed by atoms with Crippen molar-refractivity contribution in [1.29, 1.82) is 0 Å². The van der Waals surface area contributed by atoms with Crippen molar-refractivity contribution in [2.45, 2.75) is 19.8 Å². The van der Waals surface area contributed by atoms with E-state index in [1.165, 1.54) is 6.07 Å². The molecule has 1 fully saturated rings. The van der Waals surface area contributed by atoms with Crippen LogP contribution < -0.4 is 15.6 Å². The summed E-state index contributed by atoms with van der Waals surface area (Å²) in [5.41, 5.74) is -0.128. The van der Waals surface area contributed by atoms with Gasteiger partial charge < -0.3 is 15.0 Å². The molecule has 0 bridgehead atoms. The average molecular weight is 291 g/mol. The third-order valence-electron chi connectivity index (χ3n) is 3.80. The molecule has 5 nitrogen and oxygen atoms in total. The van der Waals surface area contributed by atoms with Crippen molar-refractivity contribution >= 4 is 10.9 Å². The zero-order valence-electron chi connectivity index (χ0n) is 11.9. The van der Waals surface area contributed by atoms with Crippen LogP contribution in [-0.4, -0.2) is 29.7 Å². The van der Waals surface area contributed by atoms with Crippen LogP contribution in [0.5, 0.6) is 5.75 Å². The molecule has 3 rings (SSSR count). The number of aromatic nitrogens is 2. The average Bonchev–Trinajstić information content (AvgIpc) is 2.45. The summed E-state index contributed by atoms with van der Waals surface area (Å²) >= 11 is 0. The second-order valence-electron chi connectivity index (χ2n) is 5.45. The van der Waals surface area contributed by atoms with E-state index in [1.807, 2.05) is 0 Å². The predicted octanol–water partition coefficient (Wildman–Crippen LogP) is 1.75. The zero-order valence-corrected chi connectivity index (χ0v) is 11.9. The molecule has 1 aromatic carbocycles. The van der Waals surface area contributed by atoms with E-state index in [4.69, 9.17) is 4.74 Å². The SMILES string of the molecule is Cc1nc2cc(OCC3CCNCC3)cc(F)c2c(=O)[nH]1. The van der Waals surface area contributed by atoms with Crippen LogP contribution in [0.15, 0.2) is 16.9 Å². The summed E-state index contributed by atoms with van der Waals surface area (Å²) in [6, 6.07) is 2.89. The molecular weight excluding hydrogens is 273 g/mol. The molecule has 2 heterocycles. The number of halogens is 1. The summed E-state index contributed by atoms with van der Waals surface area (Å²) in [6.07, 6.45) is 2.13. The maximum absolute atomic E-state index is 14.1. The van der Waals surface area contributed by atoms with Gasteiger partial charge in [-0.1, -0.05) is 0 Å². The molecule has 0 atom stereocenters. The van der Waals surface area contributed by atoms with Crippen LogP contribution in [-0.2, 0) is 0 Å². The van der Waals surface area contributed by atoms with Crippen molar-refractivity contribution in [3.63, 3.8) is 0 Å². The van der Waals surface area contributed by atoms with E-state index in [1.54, 1.807) is 13.0 Å². The molecule has 6 heteroatoms. The number of aryl methyl sites for hydroxylation is 1. The number of nitrogens with zero attached hydrogens (tertiary/aromatic N) is 1. The molecular formula is C15H18FN3O2. The van der Waals surface area contributed by atoms with Crippen molar-refractivity contribution in [2.24, 2.45) is 5.92 Å². The van der Waals surface area contributed by atoms with Gasteiger partial charge in [0.05, 0.1) is 12.1 Å². The summed E-state index contributed by atoms with van der Waals surface area (Å²) in [7, 11) is 0. The Balaban J connectivity index is 1.84. The van der Waals surface area contributed by atoms with Crippen molar-refractivity contribution in [3.05, 3.63) is 34.1 Å². The Morgan fingerprint density at radius 2 is 2.14 bits per heavy atom. The smallest absolute Gasteiger partial charge is 0.261 e. The predicted molar refractivity (Wildman–Crippen MR) is 78.1 cm³/mol. The third-order valence-corrected chi connectivity index (χ3v) is 3.80. The van der Waals surface area contributed by atoms with Gasteiger partial charge in [-0.25, -0.2) is 9.37 Å². The van der Waals surface area contributed by atoms with Gasteiger partial charge in [0.25, 0.3) is 5.56 Å². The van der Waals surface area contributed by atoms with Crippen LogP contribution in [0.1, 0.15) is 18.7 Å². The molecule has 1 aromatic heterocycles. The first-order chi connectivity index (χ1) is 10.1. The second kappa shape index (κ2) is 5.81. The first-order valence-corrected chi connectivity index (χ1v) is 7.17. The number of rotatable bonds is 3. The molecule has 0 radical (unpaired) electrons. The molecule has 1 aliphatic heterocycles. The van der Waals surface area contributed by atoms with Crippen molar-refractivity contribution in [1.82, 2.24) is 15.3 Å². The highest BCUT2D eigenvalue weighted by Gasteiger charge is 2.15. The molecule has 0 aliphatic carbocycles. The lowest BCUT2D eigenvalue weighted by Crippen LogP contribution is -2.30. The number of aromatic amines is 1. The van der Waals surface area contributed by atoms with E-state index in [9.17, 15) is 9.18 Å². The largest absolute Gasteiger partial charge is 0.493 e. The summed E-state index contributed by atoms with van der Waals surface area (Å²) in [4.78, 5) is 18.4. The van der Waals surface area contributed by atoms with Gasteiger partial charge in [-0.05, 0) is 38.8 Å². The molecule has 21 heavy (non-hydrogen) atoms. The summed E-state index contributed by atoms with van der Waals surface area (Å²) in [6.45, 7) is 4.22. The van der Waals surface area contributed by atoms with Crippen LogP contribution in [0.3, 0.4) is 0 Å². The van der Waals surface area contributed by atoms with Crippen LogP contribution in [0.4, 0.5) is 4.39 Å². The number of fused-ring (bicyclic) bond motifs is 1. The van der Waals surface area contributed by atoms with Crippen LogP contribution in [0, 0.1) is 18.7 Å². The second-order valence-corrected chi connectivity index (χ2v) is 5.45. The fourth-order valence-electron chi connectivity index (χ4n) is 2.66. The molecule has 1 saturated heterocycles. The monoisotopic (exact) mass is 291 g/mol. The minimum absolute atomic E-state index is 0.0187. The molecule has 2 N–H and O–H groups in total. The number of benzene rings is 1. The number of H-pyrrole nitrogens is 1. The first-order valence-electron chi connectivity index (χ1n) is 7.17. The molecule has 112 valence electrons. The van der Waals surface area contributed by atoms with Crippen LogP contribution >= 0.6 is 0 Å². The van der Waals surface area contributed by atoms with E-state index >= 15 is 0 Å². The third kappa shape index (κ3) is 3.05. The molecule has 0 spiro atoms. The highest BCUT2D eigenvalue weighted by molar-refractivity contribution is 5.79. The maximum Gasteiger partial charge on any atom is 0.261 e. The Hall–Kier alpha value is -1.95. The van der Waals surface area contributed by atoms with Crippen molar-refractivity contribution < 1.29 is 9.13 Å². The number of nitrogens with one attached hydrogen (secondary N) is 2. The lowest BCUT2D eigenvalue weighted by Gasteiger charge is -2.22. The van der Waals surface area contributed by atoms with Crippen LogP contribution in [0.25, 0.3) is 10.9 Å². The number of piperidine rings is 1. The van der Waals surface area contributed by atoms with E-state index in [0.717, 1.165) is 25.9 Å². The van der Waals surface area contributed by atoms with E-state index in [0.29, 0.717) is 29.6 Å². The molecule has 1 aliphatic rings. The number of hydrogen-bond donors (Lipinski definition) is 2. The minimum atomic E-state index is -0.596. The van der Waals surface area contributed by atoms with E-state index in [-0.39, 0.29) is 5.39 Å². The quantitative estimate of drug-likeness (QED) is 0.904. The van der Waals surface area contributed by atoms with Gasteiger partial charge in [0.2, 0.25) is 0 Å². The Labute approximate surface area is 121 Å². The maximum atomic E-state index is 14.1. The fraction of sp³-hybridized carbons (Fsp3) is 0.467. The Bertz CT molecular complexity index is 708. The normalized spacial score (nSPS) is 16.3. The summed E-state index contributed by atoms with van der Waals surface area (Å²) in [5.74, 6) is 0.777. The Morgan fingerprint density at radius 1 is 1.38 bits per heavy atom. The summed E-state index contributed by atoms with van der Waals surface area (Å²) < 4.78 is 19.7. The van der Waals surface area contributed by atoms with E-state index in [2.05, 4.69) is 15.3 Å². The number of ether oxygens (including phenoxy) is 1. The fourth-order valence-corrected chi connectivity index (χ4v) is 2.66. The standard InChI is InChI=1S/C15H18FN3O2/c1-9-18-13-7-11(6-12(16)14(13)15(20)19-9)21-8-10-2-4-17-5-3-10/h6-7,10,17H,2-5,8H2,1H3,(H,18,19,20). The molecule has 0 unspecified atom stereocenters. The van der Waals surface area contributed by atoms with Gasteiger partial charge in [-0.3, -0.25) is 4.79 Å².